The average Bonchev–Trinajstić information content (AvgIpc) is 2.73. The van der Waals surface area contributed by atoms with Gasteiger partial charge in [-0.05, 0) is 29.7 Å². The number of rotatable bonds is 9. The molecule has 0 unspecified atom stereocenters. The van der Waals surface area contributed by atoms with Crippen LogP contribution < -0.4 is 10.2 Å². The van der Waals surface area contributed by atoms with Crippen molar-refractivity contribution in [2.24, 2.45) is 0 Å². The Balaban J connectivity index is 1.52. The molecule has 0 saturated carbocycles. The molecule has 1 N–H and O–H groups in total. The molecule has 1 amide bonds. The highest BCUT2D eigenvalue weighted by atomic mass is 16.1. The first-order valence-electron chi connectivity index (χ1n) is 9.46. The fourth-order valence-electron chi connectivity index (χ4n) is 3.06. The second-order valence-corrected chi connectivity index (χ2v) is 6.58. The number of hydrogen-bond donors (Lipinski definition) is 1. The van der Waals surface area contributed by atoms with Crippen molar-refractivity contribution in [3.05, 3.63) is 102 Å². The lowest BCUT2D eigenvalue weighted by molar-refractivity contribution is -0.120. The molecule has 0 aliphatic heterocycles. The molecule has 3 heteroatoms. The monoisotopic (exact) mass is 358 g/mol. The van der Waals surface area contributed by atoms with Crippen LogP contribution in [0.25, 0.3) is 0 Å². The van der Waals surface area contributed by atoms with Gasteiger partial charge in [0.1, 0.15) is 0 Å². The molecular weight excluding hydrogens is 332 g/mol. The van der Waals surface area contributed by atoms with Crippen molar-refractivity contribution >= 4 is 11.6 Å². The zero-order chi connectivity index (χ0) is 18.7. The number of carbonyl (C=O) groups excluding carboxylic acids is 1. The Labute approximate surface area is 161 Å². The van der Waals surface area contributed by atoms with Gasteiger partial charge in [0.05, 0.1) is 0 Å². The number of nitrogens with zero attached hydrogens (tertiary/aromatic N) is 1. The molecule has 0 spiro atoms. The van der Waals surface area contributed by atoms with Gasteiger partial charge in [0.2, 0.25) is 5.91 Å². The van der Waals surface area contributed by atoms with E-state index in [0.717, 1.165) is 18.7 Å². The number of hydrogen-bond acceptors (Lipinski definition) is 2. The number of para-hydroxylation sites is 1. The van der Waals surface area contributed by atoms with Gasteiger partial charge in [-0.1, -0.05) is 78.9 Å². The van der Waals surface area contributed by atoms with Crippen molar-refractivity contribution in [2.45, 2.75) is 19.4 Å². The van der Waals surface area contributed by atoms with E-state index < -0.39 is 0 Å². The van der Waals surface area contributed by atoms with Gasteiger partial charge in [0, 0.05) is 31.7 Å². The molecule has 138 valence electrons. The van der Waals surface area contributed by atoms with Gasteiger partial charge in [0.15, 0.2) is 0 Å². The van der Waals surface area contributed by atoms with Crippen LogP contribution in [0, 0.1) is 0 Å². The van der Waals surface area contributed by atoms with E-state index in [9.17, 15) is 4.79 Å². The van der Waals surface area contributed by atoms with Gasteiger partial charge >= 0.3 is 0 Å². The molecule has 0 aliphatic carbocycles. The minimum absolute atomic E-state index is 0.0972. The van der Waals surface area contributed by atoms with Crippen LogP contribution in [0.15, 0.2) is 91.0 Å². The molecule has 3 rings (SSSR count). The van der Waals surface area contributed by atoms with Crippen LogP contribution in [0.2, 0.25) is 0 Å². The van der Waals surface area contributed by atoms with E-state index >= 15 is 0 Å². The van der Waals surface area contributed by atoms with E-state index in [1.54, 1.807) is 0 Å². The standard InChI is InChI=1S/C24H26N2O/c27-24(25-18-16-21-10-4-1-5-11-21)17-19-26(23-14-8-3-9-15-23)20-22-12-6-2-7-13-22/h1-15H,16-20H2,(H,25,27). The predicted molar refractivity (Wildman–Crippen MR) is 112 cm³/mol. The van der Waals surface area contributed by atoms with Crippen molar-refractivity contribution in [1.82, 2.24) is 5.32 Å². The van der Waals surface area contributed by atoms with E-state index in [4.69, 9.17) is 0 Å². The molecule has 3 aromatic rings. The molecule has 3 nitrogen and oxygen atoms in total. The zero-order valence-electron chi connectivity index (χ0n) is 15.6. The van der Waals surface area contributed by atoms with Crippen molar-refractivity contribution in [1.29, 1.82) is 0 Å². The van der Waals surface area contributed by atoms with Gasteiger partial charge in [-0.3, -0.25) is 4.79 Å². The Morgan fingerprint density at radius 3 is 1.93 bits per heavy atom. The first-order chi connectivity index (χ1) is 13.3. The Kier molecular flexibility index (Phi) is 7.05. The topological polar surface area (TPSA) is 32.3 Å². The molecule has 0 aliphatic rings. The smallest absolute Gasteiger partial charge is 0.221 e. The van der Waals surface area contributed by atoms with Crippen molar-refractivity contribution in [3.63, 3.8) is 0 Å². The first kappa shape index (κ1) is 18.7. The molecular formula is C24H26N2O. The lowest BCUT2D eigenvalue weighted by Crippen LogP contribution is -2.31. The second-order valence-electron chi connectivity index (χ2n) is 6.58. The third-order valence-electron chi connectivity index (χ3n) is 4.53. The highest BCUT2D eigenvalue weighted by Gasteiger charge is 2.10. The maximum absolute atomic E-state index is 12.3. The predicted octanol–water partition coefficient (Wildman–Crippen LogP) is 4.44. The fraction of sp³-hybridized carbons (Fsp3) is 0.208. The highest BCUT2D eigenvalue weighted by Crippen LogP contribution is 2.17. The molecule has 0 heterocycles. The lowest BCUT2D eigenvalue weighted by Gasteiger charge is -2.25. The number of benzene rings is 3. The van der Waals surface area contributed by atoms with Crippen LogP contribution in [-0.4, -0.2) is 19.0 Å². The number of amides is 1. The minimum Gasteiger partial charge on any atom is -0.367 e. The number of nitrogens with one attached hydrogen (secondary N) is 1. The second kappa shape index (κ2) is 10.2. The van der Waals surface area contributed by atoms with E-state index in [2.05, 4.69) is 58.7 Å². The Morgan fingerprint density at radius 1 is 0.741 bits per heavy atom. The maximum atomic E-state index is 12.3. The maximum Gasteiger partial charge on any atom is 0.221 e. The van der Waals surface area contributed by atoms with E-state index in [0.29, 0.717) is 19.5 Å². The summed E-state index contributed by atoms with van der Waals surface area (Å²) < 4.78 is 0. The van der Waals surface area contributed by atoms with Crippen LogP contribution in [0.4, 0.5) is 5.69 Å². The van der Waals surface area contributed by atoms with Crippen molar-refractivity contribution in [3.8, 4) is 0 Å². The van der Waals surface area contributed by atoms with Gasteiger partial charge in [-0.25, -0.2) is 0 Å². The quantitative estimate of drug-likeness (QED) is 0.613. The van der Waals surface area contributed by atoms with Crippen LogP contribution in [0.5, 0.6) is 0 Å². The molecule has 3 aromatic carbocycles. The molecule has 0 radical (unpaired) electrons. The minimum atomic E-state index is 0.0972. The van der Waals surface area contributed by atoms with Gasteiger partial charge in [-0.2, -0.15) is 0 Å². The summed E-state index contributed by atoms with van der Waals surface area (Å²) in [6.07, 6.45) is 1.34. The lowest BCUT2D eigenvalue weighted by atomic mass is 10.1. The normalized spacial score (nSPS) is 10.4. The first-order valence-corrected chi connectivity index (χ1v) is 9.46. The fourth-order valence-corrected chi connectivity index (χ4v) is 3.06. The Bertz CT molecular complexity index is 804. The third kappa shape index (κ3) is 6.30. The van der Waals surface area contributed by atoms with Gasteiger partial charge in [-0.15, -0.1) is 0 Å². The molecule has 27 heavy (non-hydrogen) atoms. The average molecular weight is 358 g/mol. The third-order valence-corrected chi connectivity index (χ3v) is 4.53. The summed E-state index contributed by atoms with van der Waals surface area (Å²) in [4.78, 5) is 14.5. The van der Waals surface area contributed by atoms with E-state index in [1.165, 1.54) is 11.1 Å². The van der Waals surface area contributed by atoms with Crippen molar-refractivity contribution < 1.29 is 4.79 Å². The number of carbonyl (C=O) groups is 1. The summed E-state index contributed by atoms with van der Waals surface area (Å²) in [6.45, 7) is 2.16. The largest absolute Gasteiger partial charge is 0.367 e. The molecule has 0 saturated heterocycles. The Morgan fingerprint density at radius 2 is 1.30 bits per heavy atom. The summed E-state index contributed by atoms with van der Waals surface area (Å²) in [5.74, 6) is 0.0972. The van der Waals surface area contributed by atoms with Gasteiger partial charge in [0.25, 0.3) is 0 Å². The van der Waals surface area contributed by atoms with Crippen LogP contribution >= 0.6 is 0 Å². The van der Waals surface area contributed by atoms with Crippen LogP contribution in [-0.2, 0) is 17.8 Å². The van der Waals surface area contributed by atoms with E-state index in [1.807, 2.05) is 42.5 Å². The van der Waals surface area contributed by atoms with E-state index in [-0.39, 0.29) is 5.91 Å². The SMILES string of the molecule is O=C(CCN(Cc1ccccc1)c1ccccc1)NCCc1ccccc1. The van der Waals surface area contributed by atoms with Crippen molar-refractivity contribution in [2.75, 3.05) is 18.0 Å². The zero-order valence-corrected chi connectivity index (χ0v) is 15.6. The molecule has 0 aromatic heterocycles. The summed E-state index contributed by atoms with van der Waals surface area (Å²) in [5, 5.41) is 3.04. The summed E-state index contributed by atoms with van der Waals surface area (Å²) in [5.41, 5.74) is 3.62. The molecule has 0 fully saturated rings. The van der Waals surface area contributed by atoms with Crippen LogP contribution in [0.3, 0.4) is 0 Å². The summed E-state index contributed by atoms with van der Waals surface area (Å²) >= 11 is 0. The number of anilines is 1. The Hall–Kier alpha value is -3.07. The van der Waals surface area contributed by atoms with Crippen LogP contribution in [0.1, 0.15) is 17.5 Å². The molecule has 0 atom stereocenters. The van der Waals surface area contributed by atoms with Gasteiger partial charge < -0.3 is 10.2 Å². The summed E-state index contributed by atoms with van der Waals surface area (Å²) in [7, 11) is 0. The highest BCUT2D eigenvalue weighted by molar-refractivity contribution is 5.76. The summed E-state index contributed by atoms with van der Waals surface area (Å²) in [6, 6.07) is 30.9. The molecule has 0 bridgehead atoms.